The highest BCUT2D eigenvalue weighted by Crippen LogP contribution is 2.19. The summed E-state index contributed by atoms with van der Waals surface area (Å²) < 4.78 is 0. The highest BCUT2D eigenvalue weighted by atomic mass is 35.5. The van der Waals surface area contributed by atoms with Crippen LogP contribution in [0, 0.1) is 5.92 Å². The Labute approximate surface area is 120 Å². The summed E-state index contributed by atoms with van der Waals surface area (Å²) in [6.07, 6.45) is 0. The van der Waals surface area contributed by atoms with Crippen molar-refractivity contribution >= 4 is 23.3 Å². The smallest absolute Gasteiger partial charge is 0.274 e. The van der Waals surface area contributed by atoms with Crippen molar-refractivity contribution in [1.29, 1.82) is 0 Å². The van der Waals surface area contributed by atoms with E-state index in [0.29, 0.717) is 35.5 Å². The Morgan fingerprint density at radius 2 is 2.11 bits per heavy atom. The van der Waals surface area contributed by atoms with Gasteiger partial charge in [-0.2, -0.15) is 0 Å². The summed E-state index contributed by atoms with van der Waals surface area (Å²) in [7, 11) is 0. The van der Waals surface area contributed by atoms with Crippen LogP contribution in [0.3, 0.4) is 0 Å². The number of nitrogens with zero attached hydrogens (tertiary/aromatic N) is 2. The molecule has 1 heterocycles. The van der Waals surface area contributed by atoms with Crippen LogP contribution >= 0.6 is 11.6 Å². The Hall–Kier alpha value is -1.29. The van der Waals surface area contributed by atoms with E-state index in [-0.39, 0.29) is 5.91 Å². The molecule has 1 N–H and O–H groups in total. The zero-order valence-electron chi connectivity index (χ0n) is 12.0. The van der Waals surface area contributed by atoms with Gasteiger partial charge in [0.1, 0.15) is 11.5 Å². The molecule has 0 atom stereocenters. The molecule has 1 aromatic heterocycles. The van der Waals surface area contributed by atoms with Gasteiger partial charge in [-0.3, -0.25) is 4.79 Å². The number of carbonyl (C=O) groups excluding carboxylic acids is 1. The standard InChI is InChI=1S/C14H22ClN3O/c1-5-16-12-8-7-11(15)13(17-12)14(19)18(6-2)9-10(3)4/h7-8,10H,5-6,9H2,1-4H3,(H,16,17). The molecular formula is C14H22ClN3O. The Morgan fingerprint density at radius 3 is 2.63 bits per heavy atom. The molecule has 0 saturated carbocycles. The second kappa shape index (κ2) is 7.34. The molecule has 5 heteroatoms. The van der Waals surface area contributed by atoms with Gasteiger partial charge in [0.15, 0.2) is 0 Å². The third-order valence-corrected chi connectivity index (χ3v) is 2.97. The molecule has 0 aliphatic heterocycles. The van der Waals surface area contributed by atoms with Gasteiger partial charge in [0, 0.05) is 19.6 Å². The van der Waals surface area contributed by atoms with E-state index in [1.807, 2.05) is 13.8 Å². The lowest BCUT2D eigenvalue weighted by Gasteiger charge is -2.23. The van der Waals surface area contributed by atoms with Crippen LogP contribution in [0.4, 0.5) is 5.82 Å². The highest BCUT2D eigenvalue weighted by molar-refractivity contribution is 6.33. The van der Waals surface area contributed by atoms with Crippen molar-refractivity contribution in [3.8, 4) is 0 Å². The van der Waals surface area contributed by atoms with Crippen LogP contribution in [0.2, 0.25) is 5.02 Å². The van der Waals surface area contributed by atoms with Crippen LogP contribution < -0.4 is 5.32 Å². The summed E-state index contributed by atoms with van der Waals surface area (Å²) in [6, 6.07) is 3.49. The number of halogens is 1. The number of hydrogen-bond acceptors (Lipinski definition) is 3. The van der Waals surface area contributed by atoms with Crippen LogP contribution in [0.15, 0.2) is 12.1 Å². The van der Waals surface area contributed by atoms with E-state index in [1.54, 1.807) is 17.0 Å². The van der Waals surface area contributed by atoms with Crippen LogP contribution in [0.5, 0.6) is 0 Å². The van der Waals surface area contributed by atoms with Gasteiger partial charge in [0.2, 0.25) is 0 Å². The van der Waals surface area contributed by atoms with Crippen molar-refractivity contribution < 1.29 is 4.79 Å². The number of rotatable bonds is 6. The minimum absolute atomic E-state index is 0.110. The van der Waals surface area contributed by atoms with Crippen LogP contribution in [0.25, 0.3) is 0 Å². The maximum absolute atomic E-state index is 12.4. The first-order valence-corrected chi connectivity index (χ1v) is 7.07. The van der Waals surface area contributed by atoms with Gasteiger partial charge in [0.05, 0.1) is 5.02 Å². The van der Waals surface area contributed by atoms with E-state index in [4.69, 9.17) is 11.6 Å². The molecule has 0 fully saturated rings. The summed E-state index contributed by atoms with van der Waals surface area (Å²) in [5.41, 5.74) is 0.322. The topological polar surface area (TPSA) is 45.2 Å². The van der Waals surface area contributed by atoms with Gasteiger partial charge in [0.25, 0.3) is 5.91 Å². The monoisotopic (exact) mass is 283 g/mol. The van der Waals surface area contributed by atoms with E-state index in [9.17, 15) is 4.79 Å². The SMILES string of the molecule is CCNc1ccc(Cl)c(C(=O)N(CC)CC(C)C)n1. The fourth-order valence-electron chi connectivity index (χ4n) is 1.82. The Morgan fingerprint density at radius 1 is 1.42 bits per heavy atom. The van der Waals surface area contributed by atoms with E-state index < -0.39 is 0 Å². The molecule has 0 aliphatic carbocycles. The number of carbonyl (C=O) groups is 1. The fourth-order valence-corrected chi connectivity index (χ4v) is 2.00. The third kappa shape index (κ3) is 4.39. The van der Waals surface area contributed by atoms with E-state index >= 15 is 0 Å². The summed E-state index contributed by atoms with van der Waals surface area (Å²) in [4.78, 5) is 18.5. The number of hydrogen-bond donors (Lipinski definition) is 1. The van der Waals surface area contributed by atoms with Crippen molar-refractivity contribution in [2.45, 2.75) is 27.7 Å². The van der Waals surface area contributed by atoms with Crippen molar-refractivity contribution in [3.63, 3.8) is 0 Å². The molecule has 0 saturated heterocycles. The third-order valence-electron chi connectivity index (χ3n) is 2.66. The van der Waals surface area contributed by atoms with Crippen molar-refractivity contribution in [3.05, 3.63) is 22.8 Å². The lowest BCUT2D eigenvalue weighted by atomic mass is 10.2. The molecule has 1 amide bonds. The van der Waals surface area contributed by atoms with Crippen molar-refractivity contribution in [2.75, 3.05) is 25.0 Å². The molecule has 4 nitrogen and oxygen atoms in total. The summed E-state index contributed by atoms with van der Waals surface area (Å²) in [5, 5.41) is 3.48. The average Bonchev–Trinajstić information content (AvgIpc) is 2.37. The minimum atomic E-state index is -0.110. The van der Waals surface area contributed by atoms with Gasteiger partial charge in [-0.15, -0.1) is 0 Å². The maximum atomic E-state index is 12.4. The van der Waals surface area contributed by atoms with E-state index in [0.717, 1.165) is 6.54 Å². The molecule has 0 spiro atoms. The van der Waals surface area contributed by atoms with Gasteiger partial charge in [-0.05, 0) is 31.9 Å². The molecule has 0 aromatic carbocycles. The normalized spacial score (nSPS) is 10.6. The molecule has 0 radical (unpaired) electrons. The number of nitrogens with one attached hydrogen (secondary N) is 1. The predicted octanol–water partition coefficient (Wildman–Crippen LogP) is 3.28. The van der Waals surface area contributed by atoms with Crippen molar-refractivity contribution in [2.24, 2.45) is 5.92 Å². The number of anilines is 1. The first-order valence-electron chi connectivity index (χ1n) is 6.69. The molecule has 1 rings (SSSR count). The lowest BCUT2D eigenvalue weighted by molar-refractivity contribution is 0.0740. The molecule has 106 valence electrons. The largest absolute Gasteiger partial charge is 0.370 e. The number of amides is 1. The first kappa shape index (κ1) is 15.8. The van der Waals surface area contributed by atoms with Gasteiger partial charge in [-0.1, -0.05) is 25.4 Å². The fraction of sp³-hybridized carbons (Fsp3) is 0.571. The van der Waals surface area contributed by atoms with Crippen molar-refractivity contribution in [1.82, 2.24) is 9.88 Å². The predicted molar refractivity (Wildman–Crippen MR) is 79.8 cm³/mol. The summed E-state index contributed by atoms with van der Waals surface area (Å²) in [5.74, 6) is 0.983. The Bertz CT molecular complexity index is 435. The Kier molecular flexibility index (Phi) is 6.09. The molecule has 0 aliphatic rings. The molecule has 0 bridgehead atoms. The van der Waals surface area contributed by atoms with Gasteiger partial charge >= 0.3 is 0 Å². The zero-order chi connectivity index (χ0) is 14.4. The average molecular weight is 284 g/mol. The lowest BCUT2D eigenvalue weighted by Crippen LogP contribution is -2.34. The molecule has 0 unspecified atom stereocenters. The molecular weight excluding hydrogens is 262 g/mol. The Balaban J connectivity index is 2.99. The number of pyridine rings is 1. The molecule has 19 heavy (non-hydrogen) atoms. The summed E-state index contributed by atoms with van der Waals surface area (Å²) in [6.45, 7) is 10.2. The number of aromatic nitrogens is 1. The van der Waals surface area contributed by atoms with Crippen LogP contribution in [-0.4, -0.2) is 35.4 Å². The van der Waals surface area contributed by atoms with Gasteiger partial charge in [-0.25, -0.2) is 4.98 Å². The molecule has 1 aromatic rings. The second-order valence-electron chi connectivity index (χ2n) is 4.79. The second-order valence-corrected chi connectivity index (χ2v) is 5.20. The minimum Gasteiger partial charge on any atom is -0.370 e. The van der Waals surface area contributed by atoms with Crippen LogP contribution in [-0.2, 0) is 0 Å². The zero-order valence-corrected chi connectivity index (χ0v) is 12.8. The quantitative estimate of drug-likeness (QED) is 0.871. The highest BCUT2D eigenvalue weighted by Gasteiger charge is 2.20. The van der Waals surface area contributed by atoms with E-state index in [1.165, 1.54) is 0 Å². The van der Waals surface area contributed by atoms with E-state index in [2.05, 4.69) is 24.1 Å². The van der Waals surface area contributed by atoms with Gasteiger partial charge < -0.3 is 10.2 Å². The first-order chi connectivity index (χ1) is 8.99. The summed E-state index contributed by atoms with van der Waals surface area (Å²) >= 11 is 6.09. The van der Waals surface area contributed by atoms with Crippen LogP contribution in [0.1, 0.15) is 38.2 Å². The maximum Gasteiger partial charge on any atom is 0.274 e.